The highest BCUT2D eigenvalue weighted by Crippen LogP contribution is 2.47. The van der Waals surface area contributed by atoms with Crippen molar-refractivity contribution in [3.05, 3.63) is 53.6 Å². The number of ether oxygens (including phenoxy) is 1. The van der Waals surface area contributed by atoms with Gasteiger partial charge in [-0.1, -0.05) is 37.5 Å². The van der Waals surface area contributed by atoms with Crippen molar-refractivity contribution >= 4 is 27.0 Å². The van der Waals surface area contributed by atoms with Crippen molar-refractivity contribution in [2.75, 3.05) is 52.9 Å². The predicted octanol–water partition coefficient (Wildman–Crippen LogP) is 4.04. The molecule has 1 amide bonds. The number of likely N-dealkylation sites (N-methyl/N-ethyl adjacent to an activating group) is 1. The summed E-state index contributed by atoms with van der Waals surface area (Å²) in [4.78, 5) is 18.2. The number of carbonyl (C=O) groups excluding carboxylic acids is 1. The van der Waals surface area contributed by atoms with Crippen LogP contribution >= 0.6 is 0 Å². The topological polar surface area (TPSA) is 87.1 Å². The first kappa shape index (κ1) is 27.9. The van der Waals surface area contributed by atoms with Crippen LogP contribution in [-0.2, 0) is 16.8 Å². The lowest BCUT2D eigenvalue weighted by atomic mass is 9.81. The highest BCUT2D eigenvalue weighted by molar-refractivity contribution is 7.87. The Morgan fingerprint density at radius 3 is 2.57 bits per heavy atom. The molecule has 0 spiro atoms. The van der Waals surface area contributed by atoms with E-state index in [4.69, 9.17) is 4.74 Å². The Morgan fingerprint density at radius 1 is 0.905 bits per heavy atom. The van der Waals surface area contributed by atoms with Crippen molar-refractivity contribution in [3.8, 4) is 17.0 Å². The third-order valence-electron chi connectivity index (χ3n) is 9.85. The number of hydrogen-bond acceptors (Lipinski definition) is 6. The van der Waals surface area contributed by atoms with Gasteiger partial charge in [-0.3, -0.25) is 9.69 Å². The number of hydrogen-bond donors (Lipinski definition) is 1. The number of carbonyl (C=O) groups is 1. The second-order valence-electron chi connectivity index (χ2n) is 12.4. The molecule has 9 nitrogen and oxygen atoms in total. The van der Waals surface area contributed by atoms with Gasteiger partial charge in [-0.05, 0) is 68.6 Å². The molecule has 1 saturated carbocycles. The quantitative estimate of drug-likeness (QED) is 0.460. The Balaban J connectivity index is 1.43. The summed E-state index contributed by atoms with van der Waals surface area (Å²) < 4.78 is 39.4. The number of fused-ring (bicyclic) bond motifs is 7. The Kier molecular flexibility index (Phi) is 7.50. The summed E-state index contributed by atoms with van der Waals surface area (Å²) in [6, 6.07) is 14.2. The van der Waals surface area contributed by atoms with Gasteiger partial charge in [0.2, 0.25) is 0 Å². The number of aromatic nitrogens is 1. The predicted molar refractivity (Wildman–Crippen MR) is 164 cm³/mol. The SMILES string of the molecule is CN1CCN2CCCN(CC2)S(=O)(=O)NC(=O)c2ccc3c(C4CCCCC4)c4n(c3c2)C[C@@H]1COc1ccccc1-4. The van der Waals surface area contributed by atoms with E-state index in [2.05, 4.69) is 44.3 Å². The second kappa shape index (κ2) is 11.3. The lowest BCUT2D eigenvalue weighted by Gasteiger charge is -2.33. The van der Waals surface area contributed by atoms with E-state index in [1.807, 2.05) is 18.2 Å². The van der Waals surface area contributed by atoms with Gasteiger partial charge in [0.05, 0.1) is 11.7 Å². The average Bonchev–Trinajstić information content (AvgIpc) is 3.11. The van der Waals surface area contributed by atoms with E-state index >= 15 is 0 Å². The summed E-state index contributed by atoms with van der Waals surface area (Å²) in [5, 5.41) is 1.15. The van der Waals surface area contributed by atoms with E-state index in [1.54, 1.807) is 6.07 Å². The van der Waals surface area contributed by atoms with Crippen LogP contribution in [0.5, 0.6) is 5.75 Å². The molecule has 3 aliphatic heterocycles. The maximum atomic E-state index is 13.5. The fraction of sp³-hybridized carbons (Fsp3) is 0.531. The van der Waals surface area contributed by atoms with E-state index in [9.17, 15) is 13.2 Å². The Labute approximate surface area is 248 Å². The molecule has 3 aromatic rings. The smallest absolute Gasteiger partial charge is 0.304 e. The molecule has 6 bridgehead atoms. The van der Waals surface area contributed by atoms with Crippen LogP contribution in [0.1, 0.15) is 60.4 Å². The van der Waals surface area contributed by atoms with Gasteiger partial charge in [0, 0.05) is 61.3 Å². The normalized spacial score (nSPS) is 27.2. The van der Waals surface area contributed by atoms with Crippen LogP contribution in [0, 0.1) is 0 Å². The molecule has 42 heavy (non-hydrogen) atoms. The zero-order valence-electron chi connectivity index (χ0n) is 24.4. The van der Waals surface area contributed by atoms with Gasteiger partial charge in [0.1, 0.15) is 12.4 Å². The molecule has 4 aliphatic rings. The maximum Gasteiger partial charge on any atom is 0.304 e. The third kappa shape index (κ3) is 5.12. The molecular weight excluding hydrogens is 550 g/mol. The molecule has 1 N–H and O–H groups in total. The fourth-order valence-corrected chi connectivity index (χ4v) is 8.61. The Hall–Kier alpha value is -2.92. The average molecular weight is 592 g/mol. The molecule has 1 aromatic heterocycles. The van der Waals surface area contributed by atoms with Crippen LogP contribution in [0.25, 0.3) is 22.2 Å². The van der Waals surface area contributed by atoms with Crippen LogP contribution in [0.15, 0.2) is 42.5 Å². The molecule has 1 saturated heterocycles. The lowest BCUT2D eigenvalue weighted by molar-refractivity contribution is 0.0979. The summed E-state index contributed by atoms with van der Waals surface area (Å²) in [7, 11) is -1.78. The van der Waals surface area contributed by atoms with Crippen LogP contribution in [-0.4, -0.2) is 92.0 Å². The first-order chi connectivity index (χ1) is 20.4. The fourth-order valence-electron chi connectivity index (χ4n) is 7.44. The monoisotopic (exact) mass is 591 g/mol. The van der Waals surface area contributed by atoms with Gasteiger partial charge in [-0.2, -0.15) is 12.7 Å². The molecule has 7 rings (SSSR count). The molecule has 10 heteroatoms. The third-order valence-corrected chi connectivity index (χ3v) is 11.3. The van der Waals surface area contributed by atoms with Gasteiger partial charge in [0.25, 0.3) is 5.91 Å². The van der Waals surface area contributed by atoms with Crippen molar-refractivity contribution in [3.63, 3.8) is 0 Å². The standard InChI is InChI=1S/C32H41N5O4S/c1-34-16-17-35-14-7-15-36(19-18-35)42(39,40)33-32(38)24-12-13-26-28(20-24)37-21-25(34)22-41-29-11-6-5-10-27(29)31(37)30(26)23-8-3-2-4-9-23/h5-6,10-13,20,23,25H,2-4,7-9,14-19,21-22H2,1H3,(H,33,38)/t25-/m1/s1. The zero-order valence-corrected chi connectivity index (χ0v) is 25.2. The minimum Gasteiger partial charge on any atom is -0.491 e. The number of nitrogens with zero attached hydrogens (tertiary/aromatic N) is 4. The van der Waals surface area contributed by atoms with Gasteiger partial charge in [-0.15, -0.1) is 0 Å². The minimum atomic E-state index is -3.95. The summed E-state index contributed by atoms with van der Waals surface area (Å²) in [6.07, 6.45) is 6.71. The largest absolute Gasteiger partial charge is 0.491 e. The van der Waals surface area contributed by atoms with Crippen molar-refractivity contribution in [2.45, 2.75) is 57.0 Å². The maximum absolute atomic E-state index is 13.5. The molecule has 3 atom stereocenters. The highest BCUT2D eigenvalue weighted by atomic mass is 32.2. The van der Waals surface area contributed by atoms with Crippen molar-refractivity contribution in [2.24, 2.45) is 0 Å². The second-order valence-corrected chi connectivity index (χ2v) is 14.1. The van der Waals surface area contributed by atoms with E-state index < -0.39 is 16.1 Å². The Bertz CT molecular complexity index is 1600. The Morgan fingerprint density at radius 2 is 1.71 bits per heavy atom. The van der Waals surface area contributed by atoms with E-state index in [0.717, 1.165) is 67.7 Å². The van der Waals surface area contributed by atoms with E-state index in [1.165, 1.54) is 34.8 Å². The summed E-state index contributed by atoms with van der Waals surface area (Å²) in [5.74, 6) is 0.737. The van der Waals surface area contributed by atoms with E-state index in [0.29, 0.717) is 37.7 Å². The van der Waals surface area contributed by atoms with Crippen molar-refractivity contribution in [1.29, 1.82) is 0 Å². The number of benzene rings is 2. The van der Waals surface area contributed by atoms with Gasteiger partial charge < -0.3 is 14.2 Å². The minimum absolute atomic E-state index is 0.126. The van der Waals surface area contributed by atoms with Crippen LogP contribution in [0.4, 0.5) is 0 Å². The van der Waals surface area contributed by atoms with Crippen LogP contribution in [0.2, 0.25) is 0 Å². The lowest BCUT2D eigenvalue weighted by Crippen LogP contribution is -2.46. The first-order valence-corrected chi connectivity index (χ1v) is 17.0. The molecule has 4 heterocycles. The molecule has 2 unspecified atom stereocenters. The van der Waals surface area contributed by atoms with Crippen LogP contribution < -0.4 is 9.46 Å². The highest BCUT2D eigenvalue weighted by Gasteiger charge is 2.33. The van der Waals surface area contributed by atoms with Crippen LogP contribution in [0.3, 0.4) is 0 Å². The van der Waals surface area contributed by atoms with Gasteiger partial charge >= 0.3 is 10.2 Å². The van der Waals surface area contributed by atoms with Gasteiger partial charge in [-0.25, -0.2) is 4.72 Å². The molecule has 1 aliphatic carbocycles. The zero-order chi connectivity index (χ0) is 28.8. The molecule has 224 valence electrons. The summed E-state index contributed by atoms with van der Waals surface area (Å²) in [5.41, 5.74) is 4.96. The van der Waals surface area contributed by atoms with Crippen molar-refractivity contribution in [1.82, 2.24) is 23.4 Å². The van der Waals surface area contributed by atoms with E-state index in [-0.39, 0.29) is 6.04 Å². The number of para-hydroxylation sites is 1. The number of nitrogens with one attached hydrogen (secondary N) is 1. The number of rotatable bonds is 1. The molecule has 2 aromatic carbocycles. The van der Waals surface area contributed by atoms with Crippen molar-refractivity contribution < 1.29 is 17.9 Å². The molecule has 0 radical (unpaired) electrons. The first-order valence-electron chi connectivity index (χ1n) is 15.5. The van der Waals surface area contributed by atoms with Gasteiger partial charge in [0.15, 0.2) is 0 Å². The summed E-state index contributed by atoms with van der Waals surface area (Å²) >= 11 is 0. The molecule has 2 fully saturated rings. The molecular formula is C32H41N5O4S. The number of amides is 1. The summed E-state index contributed by atoms with van der Waals surface area (Å²) in [6.45, 7) is 5.23.